The summed E-state index contributed by atoms with van der Waals surface area (Å²) in [6, 6.07) is -0.474. The average Bonchev–Trinajstić information content (AvgIpc) is 2.30. The van der Waals surface area contributed by atoms with Gasteiger partial charge in [-0.25, -0.2) is 0 Å². The van der Waals surface area contributed by atoms with E-state index in [0.29, 0.717) is 19.4 Å². The summed E-state index contributed by atoms with van der Waals surface area (Å²) in [5.74, 6) is -1.69. The Morgan fingerprint density at radius 3 is 2.76 bits per heavy atom. The van der Waals surface area contributed by atoms with Gasteiger partial charge < -0.3 is 15.3 Å². The molecule has 0 saturated carbocycles. The number of amides is 2. The van der Waals surface area contributed by atoms with Crippen LogP contribution >= 0.6 is 0 Å². The predicted molar refractivity (Wildman–Crippen MR) is 58.1 cm³/mol. The molecule has 94 valence electrons. The lowest BCUT2D eigenvalue weighted by atomic mass is 9.94. The third-order valence-electron chi connectivity index (χ3n) is 3.43. The van der Waals surface area contributed by atoms with Crippen molar-refractivity contribution in [2.75, 3.05) is 13.1 Å². The summed E-state index contributed by atoms with van der Waals surface area (Å²) in [6.07, 6.45) is 2.06. The molecule has 2 heterocycles. The molecule has 0 spiro atoms. The number of carbonyl (C=O) groups is 3. The van der Waals surface area contributed by atoms with Gasteiger partial charge in [-0.05, 0) is 19.3 Å². The summed E-state index contributed by atoms with van der Waals surface area (Å²) in [5, 5.41) is 11.7. The lowest BCUT2D eigenvalue weighted by Crippen LogP contribution is -2.56. The number of likely N-dealkylation sites (tertiary alicyclic amines) is 1. The van der Waals surface area contributed by atoms with Crippen molar-refractivity contribution in [3.05, 3.63) is 0 Å². The van der Waals surface area contributed by atoms with Crippen LogP contribution in [0, 0.1) is 5.92 Å². The molecule has 17 heavy (non-hydrogen) atoms. The molecular formula is C11H16N2O4. The number of aliphatic carboxylic acids is 1. The fourth-order valence-electron chi connectivity index (χ4n) is 2.43. The zero-order chi connectivity index (χ0) is 12.4. The zero-order valence-electron chi connectivity index (χ0n) is 9.52. The minimum Gasteiger partial charge on any atom is -0.481 e. The Morgan fingerprint density at radius 1 is 1.35 bits per heavy atom. The van der Waals surface area contributed by atoms with E-state index in [2.05, 4.69) is 5.32 Å². The van der Waals surface area contributed by atoms with Gasteiger partial charge in [-0.1, -0.05) is 0 Å². The number of hydrogen-bond donors (Lipinski definition) is 2. The number of piperidine rings is 2. The SMILES string of the molecule is O=C(O)C1CCC(=O)N(C2CCCNC2=O)C1. The molecule has 0 aromatic rings. The van der Waals surface area contributed by atoms with Gasteiger partial charge in [0.15, 0.2) is 0 Å². The van der Waals surface area contributed by atoms with Crippen LogP contribution in [-0.4, -0.2) is 46.9 Å². The molecule has 0 bridgehead atoms. The first kappa shape index (κ1) is 11.9. The monoisotopic (exact) mass is 240 g/mol. The quantitative estimate of drug-likeness (QED) is 0.687. The van der Waals surface area contributed by atoms with Crippen LogP contribution in [-0.2, 0) is 14.4 Å². The average molecular weight is 240 g/mol. The summed E-state index contributed by atoms with van der Waals surface area (Å²) < 4.78 is 0. The third-order valence-corrected chi connectivity index (χ3v) is 3.43. The van der Waals surface area contributed by atoms with Crippen molar-refractivity contribution >= 4 is 17.8 Å². The molecule has 2 rings (SSSR count). The van der Waals surface area contributed by atoms with Crippen LogP contribution in [0.4, 0.5) is 0 Å². The molecule has 2 fully saturated rings. The molecule has 2 amide bonds. The van der Waals surface area contributed by atoms with Crippen molar-refractivity contribution in [2.24, 2.45) is 5.92 Å². The molecule has 2 atom stereocenters. The topological polar surface area (TPSA) is 86.7 Å². The minimum atomic E-state index is -0.890. The number of carboxylic acid groups (broad SMARTS) is 1. The van der Waals surface area contributed by atoms with Crippen LogP contribution in [0.15, 0.2) is 0 Å². The van der Waals surface area contributed by atoms with E-state index in [0.717, 1.165) is 6.42 Å². The van der Waals surface area contributed by atoms with Crippen LogP contribution < -0.4 is 5.32 Å². The van der Waals surface area contributed by atoms with E-state index in [1.165, 1.54) is 4.90 Å². The Hall–Kier alpha value is -1.59. The maximum Gasteiger partial charge on any atom is 0.308 e. The van der Waals surface area contributed by atoms with Crippen molar-refractivity contribution in [3.8, 4) is 0 Å². The fraction of sp³-hybridized carbons (Fsp3) is 0.727. The first-order valence-electron chi connectivity index (χ1n) is 5.89. The van der Waals surface area contributed by atoms with Crippen molar-refractivity contribution in [1.29, 1.82) is 0 Å². The van der Waals surface area contributed by atoms with Gasteiger partial charge in [-0.15, -0.1) is 0 Å². The van der Waals surface area contributed by atoms with Gasteiger partial charge in [0.1, 0.15) is 6.04 Å². The molecule has 0 aliphatic carbocycles. The highest BCUT2D eigenvalue weighted by atomic mass is 16.4. The predicted octanol–water partition coefficient (Wildman–Crippen LogP) is -0.412. The van der Waals surface area contributed by atoms with E-state index in [4.69, 9.17) is 5.11 Å². The Bertz CT molecular complexity index is 355. The minimum absolute atomic E-state index is 0.107. The standard InChI is InChI=1S/C11H16N2O4/c14-9-4-3-7(11(16)17)6-13(9)8-2-1-5-12-10(8)15/h7-8H,1-6H2,(H,12,15)(H,16,17). The molecular weight excluding hydrogens is 224 g/mol. The fourth-order valence-corrected chi connectivity index (χ4v) is 2.43. The zero-order valence-corrected chi connectivity index (χ0v) is 9.52. The molecule has 6 nitrogen and oxygen atoms in total. The summed E-state index contributed by atoms with van der Waals surface area (Å²) in [7, 11) is 0. The van der Waals surface area contributed by atoms with Gasteiger partial charge in [0.05, 0.1) is 5.92 Å². The van der Waals surface area contributed by atoms with Gasteiger partial charge in [-0.2, -0.15) is 0 Å². The normalized spacial score (nSPS) is 30.0. The molecule has 2 saturated heterocycles. The van der Waals surface area contributed by atoms with Gasteiger partial charge in [-0.3, -0.25) is 14.4 Å². The Labute approximate surface area is 99.0 Å². The molecule has 0 radical (unpaired) electrons. The van der Waals surface area contributed by atoms with Crippen molar-refractivity contribution in [3.63, 3.8) is 0 Å². The molecule has 6 heteroatoms. The first-order chi connectivity index (χ1) is 8.09. The highest BCUT2D eigenvalue weighted by Crippen LogP contribution is 2.22. The number of carbonyl (C=O) groups excluding carboxylic acids is 2. The Kier molecular flexibility index (Phi) is 3.31. The third kappa shape index (κ3) is 2.40. The van der Waals surface area contributed by atoms with Crippen LogP contribution in [0.25, 0.3) is 0 Å². The van der Waals surface area contributed by atoms with E-state index >= 15 is 0 Å². The number of hydrogen-bond acceptors (Lipinski definition) is 3. The summed E-state index contributed by atoms with van der Waals surface area (Å²) >= 11 is 0. The first-order valence-corrected chi connectivity index (χ1v) is 5.89. The molecule has 0 aromatic heterocycles. The van der Waals surface area contributed by atoms with Crippen molar-refractivity contribution < 1.29 is 19.5 Å². The van der Waals surface area contributed by atoms with Gasteiger partial charge in [0.2, 0.25) is 11.8 Å². The van der Waals surface area contributed by atoms with Crippen LogP contribution in [0.5, 0.6) is 0 Å². The van der Waals surface area contributed by atoms with Gasteiger partial charge >= 0.3 is 5.97 Å². The Balaban J connectivity index is 2.09. The number of rotatable bonds is 2. The molecule has 0 aromatic carbocycles. The summed E-state index contributed by atoms with van der Waals surface area (Å²) in [6.45, 7) is 0.798. The van der Waals surface area contributed by atoms with Gasteiger partial charge in [0.25, 0.3) is 0 Å². The van der Waals surface area contributed by atoms with E-state index in [9.17, 15) is 14.4 Å². The van der Waals surface area contributed by atoms with Gasteiger partial charge in [0, 0.05) is 19.5 Å². The van der Waals surface area contributed by atoms with E-state index < -0.39 is 17.9 Å². The molecule has 2 aliphatic heterocycles. The van der Waals surface area contributed by atoms with E-state index in [-0.39, 0.29) is 24.8 Å². The number of nitrogens with one attached hydrogen (secondary N) is 1. The number of nitrogens with zero attached hydrogens (tertiary/aromatic N) is 1. The van der Waals surface area contributed by atoms with Crippen LogP contribution in [0.2, 0.25) is 0 Å². The maximum absolute atomic E-state index is 11.8. The number of carboxylic acids is 1. The van der Waals surface area contributed by atoms with Crippen LogP contribution in [0.3, 0.4) is 0 Å². The second-order valence-corrected chi connectivity index (χ2v) is 4.57. The molecule has 2 unspecified atom stereocenters. The van der Waals surface area contributed by atoms with E-state index in [1.807, 2.05) is 0 Å². The molecule has 2 N–H and O–H groups in total. The summed E-state index contributed by atoms with van der Waals surface area (Å²) in [4.78, 5) is 35.8. The van der Waals surface area contributed by atoms with Crippen molar-refractivity contribution in [1.82, 2.24) is 10.2 Å². The maximum atomic E-state index is 11.8. The van der Waals surface area contributed by atoms with E-state index in [1.54, 1.807) is 0 Å². The summed E-state index contributed by atoms with van der Waals surface area (Å²) in [5.41, 5.74) is 0. The Morgan fingerprint density at radius 2 is 2.12 bits per heavy atom. The lowest BCUT2D eigenvalue weighted by molar-refractivity contribution is -0.152. The second kappa shape index (κ2) is 4.73. The second-order valence-electron chi connectivity index (χ2n) is 4.57. The largest absolute Gasteiger partial charge is 0.481 e. The smallest absolute Gasteiger partial charge is 0.308 e. The highest BCUT2D eigenvalue weighted by molar-refractivity contribution is 5.89. The highest BCUT2D eigenvalue weighted by Gasteiger charge is 2.37. The lowest BCUT2D eigenvalue weighted by Gasteiger charge is -2.37. The van der Waals surface area contributed by atoms with Crippen LogP contribution in [0.1, 0.15) is 25.7 Å². The van der Waals surface area contributed by atoms with Crippen molar-refractivity contribution in [2.45, 2.75) is 31.7 Å². The molecule has 2 aliphatic rings.